The summed E-state index contributed by atoms with van der Waals surface area (Å²) in [4.78, 5) is 32.0. The van der Waals surface area contributed by atoms with Crippen molar-refractivity contribution in [3.63, 3.8) is 0 Å². The lowest BCUT2D eigenvalue weighted by molar-refractivity contribution is -0.387. The lowest BCUT2D eigenvalue weighted by Gasteiger charge is -2.04. The number of nitro benzene ring substituents is 1. The fourth-order valence-electron chi connectivity index (χ4n) is 1.28. The molecule has 0 aromatic heterocycles. The van der Waals surface area contributed by atoms with Crippen molar-refractivity contribution in [2.75, 3.05) is 13.7 Å². The van der Waals surface area contributed by atoms with Gasteiger partial charge in [-0.2, -0.15) is 4.39 Å². The predicted octanol–water partition coefficient (Wildman–Crippen LogP) is 1.03. The molecule has 0 aliphatic rings. The van der Waals surface area contributed by atoms with Gasteiger partial charge in [0.2, 0.25) is 5.82 Å². The van der Waals surface area contributed by atoms with Crippen molar-refractivity contribution in [2.45, 2.75) is 6.42 Å². The van der Waals surface area contributed by atoms with Gasteiger partial charge in [-0.1, -0.05) is 0 Å². The smallest absolute Gasteiger partial charge is 0.307 e. The summed E-state index contributed by atoms with van der Waals surface area (Å²) >= 11 is 0. The van der Waals surface area contributed by atoms with Crippen molar-refractivity contribution in [3.05, 3.63) is 39.7 Å². The molecule has 102 valence electrons. The molecule has 0 fully saturated rings. The topological polar surface area (TPSA) is 98.5 Å². The van der Waals surface area contributed by atoms with Crippen molar-refractivity contribution in [2.24, 2.45) is 0 Å². The van der Waals surface area contributed by atoms with Gasteiger partial charge in [0.25, 0.3) is 5.91 Å². The third-order valence-electron chi connectivity index (χ3n) is 2.25. The molecule has 0 unspecified atom stereocenters. The lowest BCUT2D eigenvalue weighted by Crippen LogP contribution is -2.26. The number of methoxy groups -OCH3 is 1. The highest BCUT2D eigenvalue weighted by atomic mass is 19.1. The summed E-state index contributed by atoms with van der Waals surface area (Å²) in [5.41, 5.74) is -0.835. The summed E-state index contributed by atoms with van der Waals surface area (Å²) in [6.07, 6.45) is -0.0223. The predicted molar refractivity (Wildman–Crippen MR) is 62.0 cm³/mol. The van der Waals surface area contributed by atoms with Crippen LogP contribution in [0.3, 0.4) is 0 Å². The molecule has 1 aromatic carbocycles. The van der Waals surface area contributed by atoms with Gasteiger partial charge in [0.1, 0.15) is 0 Å². The number of nitro groups is 1. The fourth-order valence-corrected chi connectivity index (χ4v) is 1.28. The average Bonchev–Trinajstić information content (AvgIpc) is 2.38. The zero-order valence-corrected chi connectivity index (χ0v) is 10.0. The Labute approximate surface area is 107 Å². The third kappa shape index (κ3) is 4.02. The molecule has 0 heterocycles. The second kappa shape index (κ2) is 6.43. The van der Waals surface area contributed by atoms with E-state index in [1.165, 1.54) is 7.11 Å². The number of rotatable bonds is 5. The average molecular weight is 270 g/mol. The summed E-state index contributed by atoms with van der Waals surface area (Å²) in [7, 11) is 1.22. The van der Waals surface area contributed by atoms with Gasteiger partial charge in [-0.25, -0.2) is 0 Å². The number of ether oxygens (including phenoxy) is 1. The number of hydrogen-bond acceptors (Lipinski definition) is 5. The van der Waals surface area contributed by atoms with E-state index in [9.17, 15) is 24.1 Å². The van der Waals surface area contributed by atoms with Crippen LogP contribution in [0, 0.1) is 15.9 Å². The van der Waals surface area contributed by atoms with Gasteiger partial charge in [0.15, 0.2) is 0 Å². The molecule has 1 rings (SSSR count). The summed E-state index contributed by atoms with van der Waals surface area (Å²) in [6.45, 7) is 0.0245. The maximum absolute atomic E-state index is 13.1. The fraction of sp³-hybridized carbons (Fsp3) is 0.273. The summed E-state index contributed by atoms with van der Waals surface area (Å²) in [5, 5.41) is 12.9. The highest BCUT2D eigenvalue weighted by molar-refractivity contribution is 5.95. The van der Waals surface area contributed by atoms with Gasteiger partial charge in [0.05, 0.1) is 18.5 Å². The first-order valence-electron chi connectivity index (χ1n) is 5.24. The van der Waals surface area contributed by atoms with Gasteiger partial charge < -0.3 is 10.1 Å². The lowest BCUT2D eigenvalue weighted by atomic mass is 10.2. The van der Waals surface area contributed by atoms with E-state index in [0.29, 0.717) is 0 Å². The standard InChI is InChI=1S/C11H11FN2O5/c1-19-10(15)4-5-13-11(16)7-2-3-8(12)9(6-7)14(17)18/h2-3,6H,4-5H2,1H3,(H,13,16). The molecule has 0 spiro atoms. The van der Waals surface area contributed by atoms with Gasteiger partial charge in [-0.05, 0) is 12.1 Å². The van der Waals surface area contributed by atoms with E-state index in [2.05, 4.69) is 10.1 Å². The van der Waals surface area contributed by atoms with E-state index in [1.54, 1.807) is 0 Å². The Balaban J connectivity index is 2.70. The van der Waals surface area contributed by atoms with Crippen LogP contribution in [0.2, 0.25) is 0 Å². The first-order valence-corrected chi connectivity index (χ1v) is 5.24. The van der Waals surface area contributed by atoms with Crippen LogP contribution >= 0.6 is 0 Å². The number of esters is 1. The van der Waals surface area contributed by atoms with Crippen LogP contribution in [0.4, 0.5) is 10.1 Å². The molecule has 19 heavy (non-hydrogen) atoms. The molecule has 0 saturated carbocycles. The Morgan fingerprint density at radius 3 is 2.74 bits per heavy atom. The van der Waals surface area contributed by atoms with Gasteiger partial charge >= 0.3 is 11.7 Å². The van der Waals surface area contributed by atoms with Gasteiger partial charge in [-0.3, -0.25) is 19.7 Å². The van der Waals surface area contributed by atoms with Crippen LogP contribution in [0.25, 0.3) is 0 Å². The Bertz CT molecular complexity index is 518. The van der Waals surface area contributed by atoms with E-state index < -0.39 is 28.3 Å². The zero-order chi connectivity index (χ0) is 14.4. The van der Waals surface area contributed by atoms with E-state index in [4.69, 9.17) is 0 Å². The molecule has 0 aliphatic carbocycles. The monoisotopic (exact) mass is 270 g/mol. The van der Waals surface area contributed by atoms with Crippen LogP contribution in [-0.4, -0.2) is 30.5 Å². The van der Waals surface area contributed by atoms with Crippen molar-refractivity contribution in [1.29, 1.82) is 0 Å². The molecule has 1 N–H and O–H groups in total. The molecule has 1 aromatic rings. The molecular formula is C11H11FN2O5. The Morgan fingerprint density at radius 2 is 2.16 bits per heavy atom. The minimum atomic E-state index is -1.02. The van der Waals surface area contributed by atoms with E-state index >= 15 is 0 Å². The van der Waals surface area contributed by atoms with Crippen LogP contribution in [0.1, 0.15) is 16.8 Å². The molecule has 0 radical (unpaired) electrons. The molecule has 7 nitrogen and oxygen atoms in total. The van der Waals surface area contributed by atoms with Gasteiger partial charge in [0, 0.05) is 18.2 Å². The van der Waals surface area contributed by atoms with E-state index in [1.807, 2.05) is 0 Å². The van der Waals surface area contributed by atoms with Crippen molar-refractivity contribution in [1.82, 2.24) is 5.32 Å². The van der Waals surface area contributed by atoms with E-state index in [0.717, 1.165) is 18.2 Å². The van der Waals surface area contributed by atoms with Crippen LogP contribution in [0.5, 0.6) is 0 Å². The second-order valence-electron chi connectivity index (χ2n) is 3.51. The largest absolute Gasteiger partial charge is 0.469 e. The molecule has 0 aliphatic heterocycles. The summed E-state index contributed by atoms with van der Waals surface area (Å²) in [6, 6.07) is 2.80. The van der Waals surface area contributed by atoms with Crippen molar-refractivity contribution >= 4 is 17.6 Å². The van der Waals surface area contributed by atoms with Gasteiger partial charge in [-0.15, -0.1) is 0 Å². The minimum Gasteiger partial charge on any atom is -0.469 e. The van der Waals surface area contributed by atoms with Crippen LogP contribution in [0.15, 0.2) is 18.2 Å². The highest BCUT2D eigenvalue weighted by Gasteiger charge is 2.17. The SMILES string of the molecule is COC(=O)CCNC(=O)c1ccc(F)c([N+](=O)[O-])c1. The molecule has 0 saturated heterocycles. The summed E-state index contributed by atoms with van der Waals surface area (Å²) in [5.74, 6) is -2.14. The quantitative estimate of drug-likeness (QED) is 0.489. The Hall–Kier alpha value is -2.51. The number of nitrogens with zero attached hydrogens (tertiary/aromatic N) is 1. The molecule has 0 bridgehead atoms. The Kier molecular flexibility index (Phi) is 4.92. The number of carbonyl (C=O) groups excluding carboxylic acids is 2. The number of hydrogen-bond donors (Lipinski definition) is 1. The minimum absolute atomic E-state index is 0.0223. The number of halogens is 1. The molecule has 1 amide bonds. The number of benzene rings is 1. The maximum atomic E-state index is 13.1. The molecule has 0 atom stereocenters. The first-order chi connectivity index (χ1) is 8.95. The number of nitrogens with one attached hydrogen (secondary N) is 1. The number of amides is 1. The first kappa shape index (κ1) is 14.6. The van der Waals surface area contributed by atoms with E-state index in [-0.39, 0.29) is 18.5 Å². The number of carbonyl (C=O) groups is 2. The van der Waals surface area contributed by atoms with Crippen molar-refractivity contribution < 1.29 is 23.6 Å². The maximum Gasteiger partial charge on any atom is 0.307 e. The molecule has 8 heteroatoms. The Morgan fingerprint density at radius 1 is 1.47 bits per heavy atom. The normalized spacial score (nSPS) is 9.79. The van der Waals surface area contributed by atoms with Crippen LogP contribution in [-0.2, 0) is 9.53 Å². The summed E-state index contributed by atoms with van der Waals surface area (Å²) < 4.78 is 17.4. The molecular weight excluding hydrogens is 259 g/mol. The highest BCUT2D eigenvalue weighted by Crippen LogP contribution is 2.18. The zero-order valence-electron chi connectivity index (χ0n) is 10.0. The van der Waals surface area contributed by atoms with Crippen LogP contribution < -0.4 is 5.32 Å². The van der Waals surface area contributed by atoms with Crippen molar-refractivity contribution in [3.8, 4) is 0 Å². The second-order valence-corrected chi connectivity index (χ2v) is 3.51. The third-order valence-corrected chi connectivity index (χ3v) is 2.25.